The van der Waals surface area contributed by atoms with E-state index in [0.29, 0.717) is 17.0 Å². The third-order valence-corrected chi connectivity index (χ3v) is 4.21. The summed E-state index contributed by atoms with van der Waals surface area (Å²) in [5.74, 6) is -1.26. The van der Waals surface area contributed by atoms with Gasteiger partial charge in [-0.1, -0.05) is 36.4 Å². The van der Waals surface area contributed by atoms with Gasteiger partial charge in [0.15, 0.2) is 18.1 Å². The first-order chi connectivity index (χ1) is 14.1. The molecule has 0 fully saturated rings. The number of amides is 2. The molecular weight excluding hydrogens is 376 g/mol. The summed E-state index contributed by atoms with van der Waals surface area (Å²) in [6, 6.07) is 17.5. The maximum atomic E-state index is 12.2. The highest BCUT2D eigenvalue weighted by Crippen LogP contribution is 2.30. The highest BCUT2D eigenvalue weighted by molar-refractivity contribution is 5.99. The van der Waals surface area contributed by atoms with Crippen molar-refractivity contribution in [3.8, 4) is 11.5 Å². The number of carbonyl (C=O) groups excluding carboxylic acids is 3. The zero-order valence-electron chi connectivity index (χ0n) is 15.2. The normalized spacial score (nSPS) is 14.8. The van der Waals surface area contributed by atoms with E-state index in [0.717, 1.165) is 5.39 Å². The predicted octanol–water partition coefficient (Wildman–Crippen LogP) is 1.87. The molecule has 0 saturated heterocycles. The average molecular weight is 392 g/mol. The lowest BCUT2D eigenvalue weighted by atomic mass is 10.2. The van der Waals surface area contributed by atoms with E-state index < -0.39 is 30.5 Å². The van der Waals surface area contributed by atoms with E-state index in [2.05, 4.69) is 10.3 Å². The van der Waals surface area contributed by atoms with E-state index in [9.17, 15) is 14.4 Å². The van der Waals surface area contributed by atoms with Crippen LogP contribution in [-0.2, 0) is 14.3 Å². The maximum absolute atomic E-state index is 12.2. The monoisotopic (exact) mass is 392 g/mol. The summed E-state index contributed by atoms with van der Waals surface area (Å²) in [6.07, 6.45) is -0.980. The van der Waals surface area contributed by atoms with E-state index in [1.807, 2.05) is 12.1 Å². The molecule has 8 nitrogen and oxygen atoms in total. The number of esters is 1. The topological polar surface area (TPSA) is 104 Å². The predicted molar refractivity (Wildman–Crippen MR) is 102 cm³/mol. The van der Waals surface area contributed by atoms with Gasteiger partial charge in [-0.3, -0.25) is 14.9 Å². The molecule has 29 heavy (non-hydrogen) atoms. The Bertz CT molecular complexity index is 1100. The Morgan fingerprint density at radius 1 is 1.00 bits per heavy atom. The average Bonchev–Trinajstić information content (AvgIpc) is 2.76. The molecule has 0 saturated carbocycles. The van der Waals surface area contributed by atoms with E-state index in [4.69, 9.17) is 14.2 Å². The van der Waals surface area contributed by atoms with Crippen molar-refractivity contribution in [3.05, 3.63) is 66.4 Å². The number of ether oxygens (including phenoxy) is 3. The second-order valence-electron chi connectivity index (χ2n) is 6.24. The van der Waals surface area contributed by atoms with Gasteiger partial charge in [-0.15, -0.1) is 0 Å². The van der Waals surface area contributed by atoms with Crippen molar-refractivity contribution in [1.29, 1.82) is 0 Å². The second-order valence-corrected chi connectivity index (χ2v) is 6.24. The smallest absolute Gasteiger partial charge is 0.357 e. The number of rotatable bonds is 4. The van der Waals surface area contributed by atoms with Crippen LogP contribution in [0.1, 0.15) is 10.5 Å². The van der Waals surface area contributed by atoms with E-state index in [-0.39, 0.29) is 12.3 Å². The highest BCUT2D eigenvalue weighted by Gasteiger charge is 2.28. The fourth-order valence-corrected chi connectivity index (χ4v) is 2.79. The zero-order chi connectivity index (χ0) is 20.2. The highest BCUT2D eigenvalue weighted by atomic mass is 16.6. The van der Waals surface area contributed by atoms with Crippen molar-refractivity contribution < 1.29 is 28.6 Å². The van der Waals surface area contributed by atoms with Gasteiger partial charge in [0, 0.05) is 5.39 Å². The molecule has 2 aromatic carbocycles. The van der Waals surface area contributed by atoms with E-state index >= 15 is 0 Å². The van der Waals surface area contributed by atoms with Gasteiger partial charge in [-0.05, 0) is 24.3 Å². The molecule has 1 aliphatic heterocycles. The van der Waals surface area contributed by atoms with E-state index in [1.54, 1.807) is 42.5 Å². The van der Waals surface area contributed by atoms with Gasteiger partial charge < -0.3 is 14.2 Å². The van der Waals surface area contributed by atoms with Crippen LogP contribution in [0.4, 0.5) is 0 Å². The van der Waals surface area contributed by atoms with Crippen molar-refractivity contribution in [2.45, 2.75) is 6.10 Å². The van der Waals surface area contributed by atoms with Crippen molar-refractivity contribution in [3.63, 3.8) is 0 Å². The van der Waals surface area contributed by atoms with Gasteiger partial charge in [0.25, 0.3) is 11.8 Å². The number of para-hydroxylation sites is 3. The molecule has 1 aliphatic rings. The number of aromatic nitrogens is 1. The number of hydrogen-bond acceptors (Lipinski definition) is 7. The molecule has 1 atom stereocenters. The lowest BCUT2D eigenvalue weighted by molar-refractivity contribution is -0.137. The molecule has 3 aromatic rings. The van der Waals surface area contributed by atoms with Crippen molar-refractivity contribution in [1.82, 2.24) is 10.3 Å². The second kappa shape index (κ2) is 7.97. The molecule has 1 aromatic heterocycles. The molecule has 1 N–H and O–H groups in total. The summed E-state index contributed by atoms with van der Waals surface area (Å²) in [7, 11) is 0. The summed E-state index contributed by atoms with van der Waals surface area (Å²) in [6.45, 7) is -0.653. The quantitative estimate of drug-likeness (QED) is 0.676. The minimum atomic E-state index is -0.980. The molecule has 0 aliphatic carbocycles. The molecular formula is C21H16N2O6. The third-order valence-electron chi connectivity index (χ3n) is 4.21. The van der Waals surface area contributed by atoms with Crippen LogP contribution < -0.4 is 14.8 Å². The van der Waals surface area contributed by atoms with Crippen LogP contribution in [0.3, 0.4) is 0 Å². The van der Waals surface area contributed by atoms with Gasteiger partial charge in [-0.2, -0.15) is 0 Å². The largest absolute Gasteiger partial charge is 0.485 e. The number of nitrogens with one attached hydrogen (secondary N) is 1. The number of imide groups is 1. The molecule has 8 heteroatoms. The summed E-state index contributed by atoms with van der Waals surface area (Å²) in [5.41, 5.74) is 0.708. The molecule has 0 radical (unpaired) electrons. The van der Waals surface area contributed by atoms with E-state index in [1.165, 1.54) is 6.07 Å². The lowest BCUT2D eigenvalue weighted by Gasteiger charge is -2.25. The van der Waals surface area contributed by atoms with Gasteiger partial charge in [0.1, 0.15) is 12.3 Å². The molecule has 0 bridgehead atoms. The fourth-order valence-electron chi connectivity index (χ4n) is 2.79. The van der Waals surface area contributed by atoms with Gasteiger partial charge in [-0.25, -0.2) is 9.78 Å². The Kier molecular flexibility index (Phi) is 5.07. The Morgan fingerprint density at radius 2 is 1.76 bits per heavy atom. The SMILES string of the molecule is O=C(COC(=O)c1ccc2ccccc2n1)NC(=O)[C@H]1COc2ccccc2O1. The van der Waals surface area contributed by atoms with Crippen molar-refractivity contribution in [2.24, 2.45) is 0 Å². The Morgan fingerprint density at radius 3 is 2.62 bits per heavy atom. The molecule has 2 amide bonds. The molecule has 0 unspecified atom stereocenters. The summed E-state index contributed by atoms with van der Waals surface area (Å²) in [4.78, 5) is 40.5. The van der Waals surface area contributed by atoms with Gasteiger partial charge in [0.05, 0.1) is 5.52 Å². The van der Waals surface area contributed by atoms with Crippen LogP contribution >= 0.6 is 0 Å². The first-order valence-corrected chi connectivity index (χ1v) is 8.85. The van der Waals surface area contributed by atoms with Crippen LogP contribution in [0.25, 0.3) is 10.9 Å². The number of nitrogens with zero attached hydrogens (tertiary/aromatic N) is 1. The number of hydrogen-bond donors (Lipinski definition) is 1. The lowest BCUT2D eigenvalue weighted by Crippen LogP contribution is -2.47. The Hall–Kier alpha value is -3.94. The minimum absolute atomic E-state index is 0.0308. The van der Waals surface area contributed by atoms with Gasteiger partial charge >= 0.3 is 5.97 Å². The standard InChI is InChI=1S/C21H16N2O6/c24-19(23-20(25)18-11-27-16-7-3-4-8-17(16)29-18)12-28-21(26)15-10-9-13-5-1-2-6-14(13)22-15/h1-10,18H,11-12H2,(H,23,24,25)/t18-/m1/s1. The zero-order valence-corrected chi connectivity index (χ0v) is 15.2. The van der Waals surface area contributed by atoms with Crippen LogP contribution in [0.5, 0.6) is 11.5 Å². The Labute approximate surface area is 165 Å². The first-order valence-electron chi connectivity index (χ1n) is 8.85. The number of fused-ring (bicyclic) bond motifs is 2. The molecule has 4 rings (SSSR count). The van der Waals surface area contributed by atoms with Crippen LogP contribution in [0.15, 0.2) is 60.7 Å². The minimum Gasteiger partial charge on any atom is -0.485 e. The fraction of sp³-hybridized carbons (Fsp3) is 0.143. The molecule has 0 spiro atoms. The van der Waals surface area contributed by atoms with Crippen LogP contribution in [0.2, 0.25) is 0 Å². The number of benzene rings is 2. The van der Waals surface area contributed by atoms with Crippen LogP contribution in [0, 0.1) is 0 Å². The maximum Gasteiger partial charge on any atom is 0.357 e. The summed E-state index contributed by atoms with van der Waals surface area (Å²) in [5, 5.41) is 3.01. The van der Waals surface area contributed by atoms with Crippen molar-refractivity contribution >= 4 is 28.7 Å². The van der Waals surface area contributed by atoms with Crippen LogP contribution in [-0.4, -0.2) is 42.1 Å². The molecule has 2 heterocycles. The number of carbonyl (C=O) groups is 3. The summed E-state index contributed by atoms with van der Waals surface area (Å²) >= 11 is 0. The molecule has 146 valence electrons. The van der Waals surface area contributed by atoms with Gasteiger partial charge in [0.2, 0.25) is 6.10 Å². The Balaban J connectivity index is 1.30. The first kappa shape index (κ1) is 18.4. The number of pyridine rings is 1. The third kappa shape index (κ3) is 4.16. The van der Waals surface area contributed by atoms with Crippen molar-refractivity contribution in [2.75, 3.05) is 13.2 Å². The summed E-state index contributed by atoms with van der Waals surface area (Å²) < 4.78 is 15.9.